The fourth-order valence-corrected chi connectivity index (χ4v) is 3.21. The summed E-state index contributed by atoms with van der Waals surface area (Å²) < 4.78 is 5.29. The number of carbonyl (C=O) groups is 2. The Bertz CT molecular complexity index is 786. The van der Waals surface area contributed by atoms with Gasteiger partial charge in [0, 0.05) is 18.5 Å². The number of phenolic OH excluding ortho intramolecular Hbond substituents is 1. The molecule has 0 radical (unpaired) electrons. The molecule has 2 amide bonds. The van der Waals surface area contributed by atoms with Crippen LogP contribution in [0.5, 0.6) is 5.75 Å². The average Bonchev–Trinajstić information content (AvgIpc) is 3.10. The molecule has 0 saturated carbocycles. The number of hydrogen-bond acceptors (Lipinski definition) is 7. The zero-order valence-corrected chi connectivity index (χ0v) is 14.4. The molecule has 9 heteroatoms. The maximum absolute atomic E-state index is 12.1. The molecule has 0 spiro atoms. The number of aryl methyl sites for hydroxylation is 1. The second-order valence-electron chi connectivity index (χ2n) is 5.54. The van der Waals surface area contributed by atoms with Crippen LogP contribution in [0.1, 0.15) is 26.4 Å². The highest BCUT2D eigenvalue weighted by Gasteiger charge is 2.18. The second kappa shape index (κ2) is 7.49. The first kappa shape index (κ1) is 17.2. The van der Waals surface area contributed by atoms with Crippen molar-refractivity contribution in [3.63, 3.8) is 0 Å². The van der Waals surface area contributed by atoms with Gasteiger partial charge < -0.3 is 14.7 Å². The third-order valence-electron chi connectivity index (χ3n) is 3.69. The van der Waals surface area contributed by atoms with Crippen molar-refractivity contribution < 1.29 is 19.4 Å². The summed E-state index contributed by atoms with van der Waals surface area (Å²) >= 11 is 1.36. The minimum Gasteiger partial charge on any atom is -0.507 e. The van der Waals surface area contributed by atoms with Gasteiger partial charge in [0.05, 0.1) is 18.8 Å². The minimum absolute atomic E-state index is 0.0817. The molecule has 1 aromatic heterocycles. The average molecular weight is 362 g/mol. The maximum atomic E-state index is 12.1. The van der Waals surface area contributed by atoms with Gasteiger partial charge in [-0.2, -0.15) is 0 Å². The number of hydrazine groups is 1. The van der Waals surface area contributed by atoms with Crippen LogP contribution in [0.25, 0.3) is 0 Å². The summed E-state index contributed by atoms with van der Waals surface area (Å²) in [7, 11) is 0. The normalized spacial score (nSPS) is 14.2. The van der Waals surface area contributed by atoms with Crippen LogP contribution in [0.15, 0.2) is 23.6 Å². The van der Waals surface area contributed by atoms with E-state index in [9.17, 15) is 14.7 Å². The molecular weight excluding hydrogens is 344 g/mol. The molecule has 1 aromatic carbocycles. The van der Waals surface area contributed by atoms with E-state index in [1.54, 1.807) is 18.4 Å². The van der Waals surface area contributed by atoms with Crippen LogP contribution < -0.4 is 15.8 Å². The lowest BCUT2D eigenvalue weighted by molar-refractivity contribution is 0.0842. The van der Waals surface area contributed by atoms with Crippen LogP contribution in [0.2, 0.25) is 0 Å². The van der Waals surface area contributed by atoms with Crippen molar-refractivity contribution in [1.29, 1.82) is 0 Å². The van der Waals surface area contributed by atoms with Crippen molar-refractivity contribution in [2.75, 3.05) is 31.2 Å². The number of ether oxygens (including phenoxy) is 1. The van der Waals surface area contributed by atoms with E-state index < -0.39 is 11.8 Å². The van der Waals surface area contributed by atoms with Crippen LogP contribution in [-0.4, -0.2) is 48.2 Å². The molecule has 3 N–H and O–H groups in total. The molecule has 0 bridgehead atoms. The lowest BCUT2D eigenvalue weighted by Crippen LogP contribution is -2.42. The number of aromatic hydroxyl groups is 1. The van der Waals surface area contributed by atoms with E-state index in [1.165, 1.54) is 23.5 Å². The lowest BCUT2D eigenvalue weighted by atomic mass is 10.1. The molecule has 1 aliphatic heterocycles. The summed E-state index contributed by atoms with van der Waals surface area (Å²) in [5.74, 6) is -1.26. The van der Waals surface area contributed by atoms with E-state index in [0.717, 1.165) is 23.8 Å². The number of carbonyl (C=O) groups excluding carboxylic acids is 2. The molecule has 1 fully saturated rings. The highest BCUT2D eigenvalue weighted by molar-refractivity contribution is 7.13. The lowest BCUT2D eigenvalue weighted by Gasteiger charge is -2.25. The van der Waals surface area contributed by atoms with Gasteiger partial charge in [0.1, 0.15) is 11.4 Å². The fraction of sp³-hybridized carbons (Fsp3) is 0.312. The highest BCUT2D eigenvalue weighted by Crippen LogP contribution is 2.21. The quantitative estimate of drug-likeness (QED) is 0.706. The number of nitrogens with one attached hydrogen (secondary N) is 2. The van der Waals surface area contributed by atoms with Gasteiger partial charge in [-0.15, -0.1) is 11.3 Å². The molecule has 2 aromatic rings. The van der Waals surface area contributed by atoms with E-state index in [2.05, 4.69) is 15.8 Å². The molecule has 25 heavy (non-hydrogen) atoms. The van der Waals surface area contributed by atoms with E-state index in [4.69, 9.17) is 4.74 Å². The van der Waals surface area contributed by atoms with Crippen molar-refractivity contribution in [3.8, 4) is 5.75 Å². The first-order chi connectivity index (χ1) is 12.0. The minimum atomic E-state index is -0.602. The van der Waals surface area contributed by atoms with E-state index >= 15 is 0 Å². The number of anilines is 1. The Balaban J connectivity index is 1.59. The Morgan fingerprint density at radius 3 is 2.68 bits per heavy atom. The molecule has 3 rings (SSSR count). The molecule has 0 unspecified atom stereocenters. The number of aromatic nitrogens is 1. The molecule has 0 aliphatic carbocycles. The third-order valence-corrected chi connectivity index (χ3v) is 4.60. The monoisotopic (exact) mass is 362 g/mol. The molecule has 2 heterocycles. The topological polar surface area (TPSA) is 104 Å². The molecule has 132 valence electrons. The first-order valence-corrected chi connectivity index (χ1v) is 8.61. The number of nitrogens with zero attached hydrogens (tertiary/aromatic N) is 2. The number of amides is 2. The largest absolute Gasteiger partial charge is 0.507 e. The maximum Gasteiger partial charge on any atom is 0.289 e. The van der Waals surface area contributed by atoms with Gasteiger partial charge in [-0.1, -0.05) is 6.07 Å². The van der Waals surface area contributed by atoms with Crippen LogP contribution in [-0.2, 0) is 4.74 Å². The van der Waals surface area contributed by atoms with E-state index in [1.807, 2.05) is 4.90 Å². The Hall–Kier alpha value is -2.65. The fourth-order valence-electron chi connectivity index (χ4n) is 2.35. The Morgan fingerprint density at radius 2 is 1.96 bits per heavy atom. The predicted octanol–water partition coefficient (Wildman–Crippen LogP) is 1.07. The molecule has 0 atom stereocenters. The number of rotatable bonds is 3. The van der Waals surface area contributed by atoms with Crippen molar-refractivity contribution in [2.24, 2.45) is 0 Å². The summed E-state index contributed by atoms with van der Waals surface area (Å²) in [5, 5.41) is 12.2. The summed E-state index contributed by atoms with van der Waals surface area (Å²) in [6, 6.07) is 4.67. The molecule has 1 aliphatic rings. The van der Waals surface area contributed by atoms with Crippen LogP contribution in [0.4, 0.5) is 5.13 Å². The Kier molecular flexibility index (Phi) is 5.15. The van der Waals surface area contributed by atoms with Gasteiger partial charge in [0.15, 0.2) is 5.13 Å². The SMILES string of the molecule is Cc1ccc(C(=O)NNC(=O)c2csc(N3CCOCC3)n2)c(O)c1. The molecule has 1 saturated heterocycles. The third kappa shape index (κ3) is 4.06. The zero-order valence-electron chi connectivity index (χ0n) is 13.6. The number of morpholine rings is 1. The van der Waals surface area contributed by atoms with Crippen LogP contribution >= 0.6 is 11.3 Å². The standard InChI is InChI=1S/C16H18N4O4S/c1-10-2-3-11(13(21)8-10)14(22)18-19-15(23)12-9-25-16(17-12)20-4-6-24-7-5-20/h2-3,8-9,21H,4-7H2,1H3,(H,18,22)(H,19,23). The van der Waals surface area contributed by atoms with E-state index in [0.29, 0.717) is 13.2 Å². The molecule has 8 nitrogen and oxygen atoms in total. The summed E-state index contributed by atoms with van der Waals surface area (Å²) in [6.45, 7) is 4.54. The van der Waals surface area contributed by atoms with E-state index in [-0.39, 0.29) is 17.0 Å². The Labute approximate surface area is 148 Å². The van der Waals surface area contributed by atoms with Crippen molar-refractivity contribution in [2.45, 2.75) is 6.92 Å². The zero-order chi connectivity index (χ0) is 17.8. The van der Waals surface area contributed by atoms with Crippen molar-refractivity contribution in [1.82, 2.24) is 15.8 Å². The summed E-state index contributed by atoms with van der Waals surface area (Å²) in [6.07, 6.45) is 0. The predicted molar refractivity (Wildman–Crippen MR) is 92.9 cm³/mol. The second-order valence-corrected chi connectivity index (χ2v) is 6.38. The van der Waals surface area contributed by atoms with Gasteiger partial charge in [-0.25, -0.2) is 4.98 Å². The smallest absolute Gasteiger partial charge is 0.289 e. The number of thiazole rings is 1. The van der Waals surface area contributed by atoms with Crippen LogP contribution in [0.3, 0.4) is 0 Å². The van der Waals surface area contributed by atoms with Crippen molar-refractivity contribution in [3.05, 3.63) is 40.4 Å². The van der Waals surface area contributed by atoms with Crippen LogP contribution in [0, 0.1) is 6.92 Å². The molecular formula is C16H18N4O4S. The van der Waals surface area contributed by atoms with Gasteiger partial charge >= 0.3 is 0 Å². The number of benzene rings is 1. The van der Waals surface area contributed by atoms with Crippen molar-refractivity contribution >= 4 is 28.3 Å². The highest BCUT2D eigenvalue weighted by atomic mass is 32.1. The summed E-state index contributed by atoms with van der Waals surface area (Å²) in [4.78, 5) is 30.5. The van der Waals surface area contributed by atoms with Gasteiger partial charge in [-0.3, -0.25) is 20.4 Å². The number of phenols is 1. The summed E-state index contributed by atoms with van der Waals surface area (Å²) in [5.41, 5.74) is 5.72. The van der Waals surface area contributed by atoms with Gasteiger partial charge in [0.2, 0.25) is 0 Å². The van der Waals surface area contributed by atoms with Gasteiger partial charge in [-0.05, 0) is 24.6 Å². The Morgan fingerprint density at radius 1 is 1.24 bits per heavy atom. The first-order valence-electron chi connectivity index (χ1n) is 7.73. The van der Waals surface area contributed by atoms with Gasteiger partial charge in [0.25, 0.3) is 11.8 Å². The number of hydrogen-bond donors (Lipinski definition) is 3.